The number of aliphatic hydroxyl groups is 1. The Balaban J connectivity index is 1.98. The van der Waals surface area contributed by atoms with Crippen molar-refractivity contribution in [3.05, 3.63) is 30.2 Å². The highest BCUT2D eigenvalue weighted by atomic mass is 16.3. The molecule has 1 aliphatic carbocycles. The van der Waals surface area contributed by atoms with Crippen LogP contribution < -0.4 is 4.90 Å². The van der Waals surface area contributed by atoms with E-state index in [1.54, 1.807) is 12.5 Å². The van der Waals surface area contributed by atoms with Crippen LogP contribution in [0.3, 0.4) is 0 Å². The van der Waals surface area contributed by atoms with Gasteiger partial charge in [-0.15, -0.1) is 0 Å². The zero-order valence-electron chi connectivity index (χ0n) is 13.3. The van der Waals surface area contributed by atoms with Crippen molar-refractivity contribution < 1.29 is 5.11 Å². The minimum atomic E-state index is -0.679. The lowest BCUT2D eigenvalue weighted by atomic mass is 9.54. The van der Waals surface area contributed by atoms with Crippen LogP contribution in [0.2, 0.25) is 0 Å². The van der Waals surface area contributed by atoms with Crippen molar-refractivity contribution in [3.63, 3.8) is 0 Å². The second-order valence-electron chi connectivity index (χ2n) is 7.27. The van der Waals surface area contributed by atoms with Gasteiger partial charge in [0.2, 0.25) is 0 Å². The van der Waals surface area contributed by atoms with Crippen LogP contribution in [-0.4, -0.2) is 34.3 Å². The van der Waals surface area contributed by atoms with Gasteiger partial charge in [-0.05, 0) is 23.8 Å². The summed E-state index contributed by atoms with van der Waals surface area (Å²) in [4.78, 5) is 10.6. The van der Waals surface area contributed by atoms with Crippen molar-refractivity contribution >= 4 is 5.82 Å². The highest BCUT2D eigenvalue weighted by Gasteiger charge is 2.53. The molecule has 5 heteroatoms. The van der Waals surface area contributed by atoms with Gasteiger partial charge in [-0.2, -0.15) is 5.26 Å². The fraction of sp³-hybridized carbons (Fsp3) is 0.588. The monoisotopic (exact) mass is 298 g/mol. The van der Waals surface area contributed by atoms with Crippen LogP contribution in [0.15, 0.2) is 30.2 Å². The van der Waals surface area contributed by atoms with Crippen molar-refractivity contribution in [1.29, 1.82) is 5.26 Å². The molecule has 0 bridgehead atoms. The van der Waals surface area contributed by atoms with E-state index in [9.17, 15) is 10.4 Å². The van der Waals surface area contributed by atoms with Gasteiger partial charge in [-0.1, -0.05) is 26.8 Å². The normalized spacial score (nSPS) is 33.6. The molecule has 1 fully saturated rings. The molecule has 3 atom stereocenters. The average Bonchev–Trinajstić information content (AvgIpc) is 2.51. The standard InChI is InChI=1S/C17H22N4O/c1-16(2)13-5-7-21(14-4-6-19-11-20-14)10-17(13,3)8-12(9-18)15(16)22/h4,6,8,11,13,15,22H,5,7,10H2,1-3H3/t13-,15?,17+/m0/s1. The minimum Gasteiger partial charge on any atom is -0.387 e. The summed E-state index contributed by atoms with van der Waals surface area (Å²) in [6.45, 7) is 8.05. The van der Waals surface area contributed by atoms with E-state index in [0.29, 0.717) is 11.5 Å². The van der Waals surface area contributed by atoms with Gasteiger partial charge in [0, 0.05) is 24.7 Å². The van der Waals surface area contributed by atoms with Crippen LogP contribution in [-0.2, 0) is 0 Å². The van der Waals surface area contributed by atoms with Gasteiger partial charge in [-0.25, -0.2) is 9.97 Å². The smallest absolute Gasteiger partial charge is 0.131 e. The first-order chi connectivity index (χ1) is 10.4. The lowest BCUT2D eigenvalue weighted by molar-refractivity contribution is -0.0333. The van der Waals surface area contributed by atoms with Crippen LogP contribution in [0.5, 0.6) is 0 Å². The Kier molecular flexibility index (Phi) is 3.45. The number of hydrogen-bond donors (Lipinski definition) is 1. The van der Waals surface area contributed by atoms with E-state index in [0.717, 1.165) is 25.3 Å². The highest BCUT2D eigenvalue weighted by molar-refractivity contribution is 5.42. The number of fused-ring (bicyclic) bond motifs is 1. The molecule has 22 heavy (non-hydrogen) atoms. The van der Waals surface area contributed by atoms with Crippen molar-refractivity contribution in [2.45, 2.75) is 33.3 Å². The molecule has 2 aliphatic rings. The van der Waals surface area contributed by atoms with Crippen molar-refractivity contribution in [1.82, 2.24) is 9.97 Å². The SMILES string of the molecule is CC1(C)C(O)C(C#N)=C[C@]2(C)CN(c3ccncn3)CC[C@@H]12. The van der Waals surface area contributed by atoms with Gasteiger partial charge < -0.3 is 10.0 Å². The molecular formula is C17H22N4O. The topological polar surface area (TPSA) is 73.0 Å². The van der Waals surface area contributed by atoms with Crippen LogP contribution in [0.4, 0.5) is 5.82 Å². The zero-order chi connectivity index (χ0) is 16.0. The van der Waals surface area contributed by atoms with Crippen LogP contribution in [0, 0.1) is 28.1 Å². The Bertz CT molecular complexity index is 634. The van der Waals surface area contributed by atoms with Gasteiger partial charge >= 0.3 is 0 Å². The van der Waals surface area contributed by atoms with E-state index < -0.39 is 6.10 Å². The second-order valence-corrected chi connectivity index (χ2v) is 7.27. The highest BCUT2D eigenvalue weighted by Crippen LogP contribution is 2.53. The Labute approximate surface area is 131 Å². The van der Waals surface area contributed by atoms with Gasteiger partial charge in [0.25, 0.3) is 0 Å². The fourth-order valence-corrected chi connectivity index (χ4v) is 4.37. The molecule has 0 amide bonds. The second kappa shape index (κ2) is 5.06. The summed E-state index contributed by atoms with van der Waals surface area (Å²) >= 11 is 0. The number of hydrogen-bond acceptors (Lipinski definition) is 5. The molecule has 1 aromatic heterocycles. The number of aromatic nitrogens is 2. The Morgan fingerprint density at radius 3 is 2.82 bits per heavy atom. The van der Waals surface area contributed by atoms with Crippen LogP contribution in [0.1, 0.15) is 27.2 Å². The molecule has 1 aromatic rings. The largest absolute Gasteiger partial charge is 0.387 e. The van der Waals surface area contributed by atoms with E-state index in [2.05, 4.69) is 41.7 Å². The van der Waals surface area contributed by atoms with E-state index in [4.69, 9.17) is 0 Å². The molecular weight excluding hydrogens is 276 g/mol. The number of anilines is 1. The summed E-state index contributed by atoms with van der Waals surface area (Å²) in [5, 5.41) is 19.9. The number of nitriles is 1. The number of nitrogens with zero attached hydrogens (tertiary/aromatic N) is 4. The maximum atomic E-state index is 10.5. The third-order valence-electron chi connectivity index (χ3n) is 5.42. The van der Waals surface area contributed by atoms with E-state index in [1.165, 1.54) is 0 Å². The summed E-state index contributed by atoms with van der Waals surface area (Å²) in [5.74, 6) is 1.26. The molecule has 2 heterocycles. The molecule has 0 aromatic carbocycles. The van der Waals surface area contributed by atoms with Gasteiger partial charge in [-0.3, -0.25) is 0 Å². The summed E-state index contributed by atoms with van der Waals surface area (Å²) in [7, 11) is 0. The van der Waals surface area contributed by atoms with Crippen molar-refractivity contribution in [3.8, 4) is 6.07 Å². The third-order valence-corrected chi connectivity index (χ3v) is 5.42. The summed E-state index contributed by atoms with van der Waals surface area (Å²) in [6, 6.07) is 4.11. The summed E-state index contributed by atoms with van der Waals surface area (Å²) in [5.41, 5.74) is 0.0526. The van der Waals surface area contributed by atoms with Crippen molar-refractivity contribution in [2.24, 2.45) is 16.7 Å². The molecule has 3 rings (SSSR count). The lowest BCUT2D eigenvalue weighted by Crippen LogP contribution is -2.57. The molecule has 1 aliphatic heterocycles. The number of piperidine rings is 1. The Hall–Kier alpha value is -1.93. The van der Waals surface area contributed by atoms with E-state index in [-0.39, 0.29) is 10.8 Å². The Morgan fingerprint density at radius 2 is 2.18 bits per heavy atom. The molecule has 0 saturated carbocycles. The van der Waals surface area contributed by atoms with Gasteiger partial charge in [0.15, 0.2) is 0 Å². The van der Waals surface area contributed by atoms with Gasteiger partial charge in [0.05, 0.1) is 17.7 Å². The first-order valence-corrected chi connectivity index (χ1v) is 7.70. The molecule has 1 unspecified atom stereocenters. The maximum Gasteiger partial charge on any atom is 0.131 e. The first-order valence-electron chi connectivity index (χ1n) is 7.70. The predicted octanol–water partition coefficient (Wildman–Crippen LogP) is 2.16. The fourth-order valence-electron chi connectivity index (χ4n) is 4.37. The van der Waals surface area contributed by atoms with E-state index >= 15 is 0 Å². The minimum absolute atomic E-state index is 0.142. The summed E-state index contributed by atoms with van der Waals surface area (Å²) < 4.78 is 0. The van der Waals surface area contributed by atoms with Crippen LogP contribution in [0.25, 0.3) is 0 Å². The third kappa shape index (κ3) is 2.19. The number of aliphatic hydroxyl groups excluding tert-OH is 1. The molecule has 0 spiro atoms. The number of rotatable bonds is 1. The molecule has 116 valence electrons. The van der Waals surface area contributed by atoms with Gasteiger partial charge in [0.1, 0.15) is 12.1 Å². The Morgan fingerprint density at radius 1 is 1.41 bits per heavy atom. The van der Waals surface area contributed by atoms with Crippen molar-refractivity contribution in [2.75, 3.05) is 18.0 Å². The maximum absolute atomic E-state index is 10.5. The quantitative estimate of drug-likeness (QED) is 0.860. The average molecular weight is 298 g/mol. The molecule has 1 N–H and O–H groups in total. The molecule has 0 radical (unpaired) electrons. The first kappa shape index (κ1) is 15.0. The van der Waals surface area contributed by atoms with Crippen LogP contribution >= 0.6 is 0 Å². The lowest BCUT2D eigenvalue weighted by Gasteiger charge is -2.55. The molecule has 1 saturated heterocycles. The summed E-state index contributed by atoms with van der Waals surface area (Å²) in [6.07, 6.45) is 5.60. The molecule has 5 nitrogen and oxygen atoms in total. The van der Waals surface area contributed by atoms with E-state index in [1.807, 2.05) is 12.1 Å². The zero-order valence-corrected chi connectivity index (χ0v) is 13.3. The predicted molar refractivity (Wildman–Crippen MR) is 83.9 cm³/mol.